The molecular weight excluding hydrogens is 216 g/mol. The Bertz CT molecular complexity index is 131. The molecule has 0 amide bonds. The molecule has 0 radical (unpaired) electrons. The average Bonchev–Trinajstić information content (AvgIpc) is 2.30. The molecule has 98 valence electrons. The first-order chi connectivity index (χ1) is 7.62. The Balaban J connectivity index is 0. The van der Waals surface area contributed by atoms with Gasteiger partial charge < -0.3 is 29.9 Å². The molecule has 4 N–H and O–H groups in total. The molecule has 6 nitrogen and oxygen atoms in total. The standard InChI is InChI=1S/C6H14O5.C4H8O/c7-1-5(9)3-11-4-6(10)2-8;1-3-4-5-2/h5-10H,1-4H2;3H,1,4H2,2H3. The van der Waals surface area contributed by atoms with Gasteiger partial charge in [-0.2, -0.15) is 0 Å². The molecule has 0 aliphatic rings. The normalized spacial score (nSPS) is 13.6. The summed E-state index contributed by atoms with van der Waals surface area (Å²) in [5.41, 5.74) is 0. The summed E-state index contributed by atoms with van der Waals surface area (Å²) in [5, 5.41) is 34.1. The van der Waals surface area contributed by atoms with E-state index in [-0.39, 0.29) is 26.4 Å². The van der Waals surface area contributed by atoms with Crippen LogP contribution in [0, 0.1) is 0 Å². The van der Waals surface area contributed by atoms with Crippen LogP contribution in [-0.4, -0.2) is 72.8 Å². The van der Waals surface area contributed by atoms with Gasteiger partial charge in [0, 0.05) is 7.11 Å². The van der Waals surface area contributed by atoms with Crippen LogP contribution in [0.5, 0.6) is 0 Å². The molecule has 6 heteroatoms. The van der Waals surface area contributed by atoms with E-state index in [9.17, 15) is 0 Å². The fourth-order valence-corrected chi connectivity index (χ4v) is 0.563. The molecule has 0 aromatic rings. The van der Waals surface area contributed by atoms with Crippen LogP contribution in [0.1, 0.15) is 0 Å². The lowest BCUT2D eigenvalue weighted by molar-refractivity contribution is -0.0364. The summed E-state index contributed by atoms with van der Waals surface area (Å²) in [6, 6.07) is 0. The van der Waals surface area contributed by atoms with Crippen molar-refractivity contribution in [3.63, 3.8) is 0 Å². The third kappa shape index (κ3) is 15.9. The fourth-order valence-electron chi connectivity index (χ4n) is 0.563. The predicted molar refractivity (Wildman–Crippen MR) is 59.1 cm³/mol. The molecule has 0 fully saturated rings. The second-order valence-electron chi connectivity index (χ2n) is 2.95. The molecule has 0 aliphatic heterocycles. The SMILES string of the molecule is C=CCOC.OCC(O)COCC(O)CO. The number of rotatable bonds is 8. The molecule has 0 saturated heterocycles. The monoisotopic (exact) mass is 238 g/mol. The minimum atomic E-state index is -0.916. The van der Waals surface area contributed by atoms with Crippen molar-refractivity contribution in [3.8, 4) is 0 Å². The Labute approximate surface area is 95.7 Å². The molecule has 0 heterocycles. The first kappa shape index (κ1) is 17.9. The van der Waals surface area contributed by atoms with Crippen molar-refractivity contribution in [2.75, 3.05) is 40.1 Å². The molecule has 2 unspecified atom stereocenters. The quantitative estimate of drug-likeness (QED) is 0.385. The van der Waals surface area contributed by atoms with Gasteiger partial charge in [-0.1, -0.05) is 6.08 Å². The van der Waals surface area contributed by atoms with Crippen molar-refractivity contribution in [2.24, 2.45) is 0 Å². The number of aliphatic hydroxyl groups excluding tert-OH is 4. The van der Waals surface area contributed by atoms with Crippen molar-refractivity contribution >= 4 is 0 Å². The Morgan fingerprint density at radius 1 is 1.12 bits per heavy atom. The first-order valence-corrected chi connectivity index (χ1v) is 4.87. The molecule has 0 spiro atoms. The van der Waals surface area contributed by atoms with E-state index in [0.29, 0.717) is 6.61 Å². The van der Waals surface area contributed by atoms with Crippen molar-refractivity contribution < 1.29 is 29.9 Å². The van der Waals surface area contributed by atoms with Crippen LogP contribution in [0.3, 0.4) is 0 Å². The minimum Gasteiger partial charge on any atom is -0.394 e. The fraction of sp³-hybridized carbons (Fsp3) is 0.800. The summed E-state index contributed by atoms with van der Waals surface area (Å²) in [7, 11) is 1.64. The van der Waals surface area contributed by atoms with E-state index in [4.69, 9.17) is 25.2 Å². The van der Waals surface area contributed by atoms with Crippen molar-refractivity contribution in [3.05, 3.63) is 12.7 Å². The highest BCUT2D eigenvalue weighted by Crippen LogP contribution is 1.87. The summed E-state index contributed by atoms with van der Waals surface area (Å²) in [4.78, 5) is 0. The van der Waals surface area contributed by atoms with Gasteiger partial charge in [0.15, 0.2) is 0 Å². The van der Waals surface area contributed by atoms with Gasteiger partial charge in [0.1, 0.15) is 12.2 Å². The van der Waals surface area contributed by atoms with Crippen LogP contribution >= 0.6 is 0 Å². The van der Waals surface area contributed by atoms with Gasteiger partial charge in [-0.25, -0.2) is 0 Å². The zero-order valence-corrected chi connectivity index (χ0v) is 9.58. The van der Waals surface area contributed by atoms with Gasteiger partial charge in [0.05, 0.1) is 33.0 Å². The lowest BCUT2D eigenvalue weighted by Crippen LogP contribution is -2.25. The summed E-state index contributed by atoms with van der Waals surface area (Å²) in [6.07, 6.45) is -0.123. The minimum absolute atomic E-state index is 0.0342. The van der Waals surface area contributed by atoms with E-state index in [1.807, 2.05) is 0 Å². The lowest BCUT2D eigenvalue weighted by Gasteiger charge is -2.10. The summed E-state index contributed by atoms with van der Waals surface area (Å²) >= 11 is 0. The molecule has 0 saturated carbocycles. The first-order valence-electron chi connectivity index (χ1n) is 4.87. The zero-order valence-electron chi connectivity index (χ0n) is 9.58. The largest absolute Gasteiger partial charge is 0.394 e. The number of aliphatic hydroxyl groups is 4. The average molecular weight is 238 g/mol. The number of hydrogen-bond donors (Lipinski definition) is 4. The Hall–Kier alpha value is -0.500. The summed E-state index contributed by atoms with van der Waals surface area (Å²) in [5.74, 6) is 0. The van der Waals surface area contributed by atoms with Crippen molar-refractivity contribution in [1.82, 2.24) is 0 Å². The summed E-state index contributed by atoms with van der Waals surface area (Å²) < 4.78 is 9.29. The van der Waals surface area contributed by atoms with Gasteiger partial charge in [-0.05, 0) is 0 Å². The van der Waals surface area contributed by atoms with Gasteiger partial charge >= 0.3 is 0 Å². The smallest absolute Gasteiger partial charge is 0.100 e. The van der Waals surface area contributed by atoms with Crippen LogP contribution in [0.15, 0.2) is 12.7 Å². The second-order valence-corrected chi connectivity index (χ2v) is 2.95. The van der Waals surface area contributed by atoms with Gasteiger partial charge in [0.2, 0.25) is 0 Å². The van der Waals surface area contributed by atoms with E-state index in [2.05, 4.69) is 11.3 Å². The Kier molecular flexibility index (Phi) is 16.2. The van der Waals surface area contributed by atoms with Gasteiger partial charge in [-0.15, -0.1) is 6.58 Å². The van der Waals surface area contributed by atoms with Crippen LogP contribution in [0.25, 0.3) is 0 Å². The number of methoxy groups -OCH3 is 1. The predicted octanol–water partition coefficient (Wildman–Crippen LogP) is -1.47. The van der Waals surface area contributed by atoms with Gasteiger partial charge in [-0.3, -0.25) is 0 Å². The molecule has 2 atom stereocenters. The zero-order chi connectivity index (χ0) is 12.8. The molecule has 0 aromatic heterocycles. The van der Waals surface area contributed by atoms with Gasteiger partial charge in [0.25, 0.3) is 0 Å². The summed E-state index contributed by atoms with van der Waals surface area (Å²) in [6.45, 7) is 3.28. The highest BCUT2D eigenvalue weighted by molar-refractivity contribution is 4.62. The van der Waals surface area contributed by atoms with Crippen LogP contribution < -0.4 is 0 Å². The van der Waals surface area contributed by atoms with Crippen LogP contribution in [0.2, 0.25) is 0 Å². The van der Waals surface area contributed by atoms with E-state index >= 15 is 0 Å². The third-order valence-corrected chi connectivity index (χ3v) is 1.33. The Morgan fingerprint density at radius 2 is 1.56 bits per heavy atom. The van der Waals surface area contributed by atoms with E-state index in [1.165, 1.54) is 0 Å². The molecular formula is C10H22O6. The molecule has 16 heavy (non-hydrogen) atoms. The Morgan fingerprint density at radius 3 is 1.75 bits per heavy atom. The maximum Gasteiger partial charge on any atom is 0.100 e. The lowest BCUT2D eigenvalue weighted by atomic mass is 10.4. The highest BCUT2D eigenvalue weighted by Gasteiger charge is 2.04. The number of hydrogen-bond acceptors (Lipinski definition) is 6. The van der Waals surface area contributed by atoms with E-state index in [0.717, 1.165) is 0 Å². The molecule has 0 aliphatic carbocycles. The molecule has 0 aromatic carbocycles. The second kappa shape index (κ2) is 14.5. The topological polar surface area (TPSA) is 99.4 Å². The molecule has 0 bridgehead atoms. The van der Waals surface area contributed by atoms with Crippen LogP contribution in [0.4, 0.5) is 0 Å². The van der Waals surface area contributed by atoms with E-state index in [1.54, 1.807) is 13.2 Å². The van der Waals surface area contributed by atoms with Crippen molar-refractivity contribution in [2.45, 2.75) is 12.2 Å². The van der Waals surface area contributed by atoms with E-state index < -0.39 is 12.2 Å². The number of ether oxygens (including phenoxy) is 2. The third-order valence-electron chi connectivity index (χ3n) is 1.33. The highest BCUT2D eigenvalue weighted by atomic mass is 16.5. The van der Waals surface area contributed by atoms with Crippen LogP contribution in [-0.2, 0) is 9.47 Å². The maximum atomic E-state index is 8.72. The van der Waals surface area contributed by atoms with Crippen molar-refractivity contribution in [1.29, 1.82) is 0 Å². The maximum absolute atomic E-state index is 8.72. The molecule has 0 rings (SSSR count).